The Morgan fingerprint density at radius 3 is 2.84 bits per heavy atom. The summed E-state index contributed by atoms with van der Waals surface area (Å²) in [5.74, 6) is 1.38. The van der Waals surface area contributed by atoms with Gasteiger partial charge in [0.15, 0.2) is 0 Å². The minimum atomic E-state index is -0.173. The van der Waals surface area contributed by atoms with Crippen LogP contribution in [0.2, 0.25) is 0 Å². The highest BCUT2D eigenvalue weighted by molar-refractivity contribution is 5.84. The van der Waals surface area contributed by atoms with Gasteiger partial charge in [-0.1, -0.05) is 48.5 Å². The predicted molar refractivity (Wildman–Crippen MR) is 95.2 cm³/mol. The van der Waals surface area contributed by atoms with Gasteiger partial charge in [-0.2, -0.15) is 0 Å². The molecule has 0 unspecified atom stereocenters. The molecule has 2 aromatic carbocycles. The van der Waals surface area contributed by atoms with Gasteiger partial charge in [0.2, 0.25) is 5.91 Å². The quantitative estimate of drug-likeness (QED) is 0.770. The third-order valence-electron chi connectivity index (χ3n) is 4.42. The highest BCUT2D eigenvalue weighted by Crippen LogP contribution is 2.33. The largest absolute Gasteiger partial charge is 0.493 e. The number of hydrogen-bond acceptors (Lipinski definition) is 3. The zero-order valence-corrected chi connectivity index (χ0v) is 13.7. The van der Waals surface area contributed by atoms with E-state index in [1.165, 1.54) is 0 Å². The van der Waals surface area contributed by atoms with Crippen LogP contribution in [0, 0.1) is 0 Å². The van der Waals surface area contributed by atoms with E-state index in [-0.39, 0.29) is 11.8 Å². The first-order valence-electron chi connectivity index (χ1n) is 8.40. The number of para-hydroxylation sites is 1. The van der Waals surface area contributed by atoms with E-state index in [4.69, 9.17) is 4.74 Å². The number of hydrogen-bond donors (Lipinski definition) is 2. The van der Waals surface area contributed by atoms with Crippen LogP contribution in [0.4, 0.5) is 0 Å². The topological polar surface area (TPSA) is 67.0 Å². The summed E-state index contributed by atoms with van der Waals surface area (Å²) in [4.78, 5) is 20.2. The molecular formula is C20H19N3O2. The number of aromatic amines is 1. The lowest BCUT2D eigenvalue weighted by atomic mass is 9.92. The summed E-state index contributed by atoms with van der Waals surface area (Å²) in [5, 5.41) is 2.99. The minimum absolute atomic E-state index is 0.00779. The number of H-pyrrole nitrogens is 1. The molecule has 0 aliphatic carbocycles. The van der Waals surface area contributed by atoms with Gasteiger partial charge in [-0.25, -0.2) is 4.98 Å². The molecule has 0 fully saturated rings. The highest BCUT2D eigenvalue weighted by Gasteiger charge is 2.27. The Hall–Kier alpha value is -3.08. The molecule has 4 rings (SSSR count). The van der Waals surface area contributed by atoms with Crippen LogP contribution in [0.25, 0.3) is 11.3 Å². The van der Waals surface area contributed by atoms with Crippen molar-refractivity contribution in [3.63, 3.8) is 0 Å². The van der Waals surface area contributed by atoms with Gasteiger partial charge in [-0.05, 0) is 18.1 Å². The van der Waals surface area contributed by atoms with Crippen LogP contribution < -0.4 is 10.1 Å². The second-order valence-corrected chi connectivity index (χ2v) is 6.05. The number of amides is 1. The van der Waals surface area contributed by atoms with Crippen LogP contribution in [0.3, 0.4) is 0 Å². The van der Waals surface area contributed by atoms with E-state index < -0.39 is 0 Å². The zero-order valence-electron chi connectivity index (χ0n) is 13.7. The molecule has 0 radical (unpaired) electrons. The lowest BCUT2D eigenvalue weighted by Crippen LogP contribution is -2.32. The molecule has 1 atom stereocenters. The molecule has 0 saturated heterocycles. The van der Waals surface area contributed by atoms with Gasteiger partial charge in [-0.15, -0.1) is 0 Å². The Balaban J connectivity index is 1.42. The van der Waals surface area contributed by atoms with E-state index in [9.17, 15) is 4.79 Å². The zero-order chi connectivity index (χ0) is 17.1. The fraction of sp³-hybridized carbons (Fsp3) is 0.200. The number of benzene rings is 2. The van der Waals surface area contributed by atoms with Gasteiger partial charge in [0.25, 0.3) is 0 Å². The van der Waals surface area contributed by atoms with Gasteiger partial charge in [0.05, 0.1) is 31.0 Å². The molecule has 5 heteroatoms. The van der Waals surface area contributed by atoms with E-state index >= 15 is 0 Å². The molecule has 5 nitrogen and oxygen atoms in total. The van der Waals surface area contributed by atoms with Crippen LogP contribution in [0.5, 0.6) is 5.75 Å². The minimum Gasteiger partial charge on any atom is -0.493 e. The Labute approximate surface area is 146 Å². The van der Waals surface area contributed by atoms with Crippen molar-refractivity contribution in [3.05, 3.63) is 72.2 Å². The van der Waals surface area contributed by atoms with E-state index in [2.05, 4.69) is 15.3 Å². The number of nitrogens with zero attached hydrogens (tertiary/aromatic N) is 1. The van der Waals surface area contributed by atoms with Gasteiger partial charge in [0.1, 0.15) is 11.6 Å². The average Bonchev–Trinajstić information content (AvgIpc) is 3.15. The Morgan fingerprint density at radius 2 is 1.96 bits per heavy atom. The Bertz CT molecular complexity index is 873. The van der Waals surface area contributed by atoms with Crippen molar-refractivity contribution in [2.45, 2.75) is 18.9 Å². The normalized spacial score (nSPS) is 15.9. The van der Waals surface area contributed by atoms with Crippen molar-refractivity contribution in [2.24, 2.45) is 0 Å². The molecule has 126 valence electrons. The standard InChI is InChI=1S/C20H19N3O2/c24-20(16-10-11-25-18-9-5-4-8-15(16)18)22-13-19-21-12-17(23-19)14-6-2-1-3-7-14/h1-9,12,16H,10-11,13H2,(H,21,23)(H,22,24)/t16-/m1/s1. The molecule has 0 spiro atoms. The summed E-state index contributed by atoms with van der Waals surface area (Å²) in [6.45, 7) is 0.944. The van der Waals surface area contributed by atoms with Crippen molar-refractivity contribution in [1.29, 1.82) is 0 Å². The summed E-state index contributed by atoms with van der Waals surface area (Å²) in [5.41, 5.74) is 2.97. The molecule has 0 saturated carbocycles. The first kappa shape index (κ1) is 15.4. The van der Waals surface area contributed by atoms with E-state index in [1.807, 2.05) is 54.6 Å². The number of aromatic nitrogens is 2. The SMILES string of the molecule is O=C(NCc1ncc(-c2ccccc2)[nH]1)[C@@H]1CCOc2ccccc21. The summed E-state index contributed by atoms with van der Waals surface area (Å²) < 4.78 is 5.62. The first-order valence-corrected chi connectivity index (χ1v) is 8.40. The summed E-state index contributed by atoms with van der Waals surface area (Å²) in [7, 11) is 0. The van der Waals surface area contributed by atoms with Gasteiger partial charge >= 0.3 is 0 Å². The first-order chi connectivity index (χ1) is 12.3. The maximum atomic E-state index is 12.6. The molecule has 1 aliphatic heterocycles. The monoisotopic (exact) mass is 333 g/mol. The maximum Gasteiger partial charge on any atom is 0.228 e. The van der Waals surface area contributed by atoms with E-state index in [1.54, 1.807) is 6.20 Å². The smallest absolute Gasteiger partial charge is 0.228 e. The number of nitrogens with one attached hydrogen (secondary N) is 2. The fourth-order valence-corrected chi connectivity index (χ4v) is 3.13. The molecule has 2 N–H and O–H groups in total. The molecule has 1 amide bonds. The van der Waals surface area contributed by atoms with Crippen molar-refractivity contribution >= 4 is 5.91 Å². The number of carbonyl (C=O) groups excluding carboxylic acids is 1. The summed E-state index contributed by atoms with van der Waals surface area (Å²) in [6.07, 6.45) is 2.48. The number of carbonyl (C=O) groups is 1. The second-order valence-electron chi connectivity index (χ2n) is 6.05. The highest BCUT2D eigenvalue weighted by atomic mass is 16.5. The third kappa shape index (κ3) is 3.26. The third-order valence-corrected chi connectivity index (χ3v) is 4.42. The fourth-order valence-electron chi connectivity index (χ4n) is 3.13. The second kappa shape index (κ2) is 6.81. The van der Waals surface area contributed by atoms with Crippen LogP contribution >= 0.6 is 0 Å². The predicted octanol–water partition coefficient (Wildman–Crippen LogP) is 3.26. The number of ether oxygens (including phenoxy) is 1. The molecule has 0 bridgehead atoms. The summed E-state index contributed by atoms with van der Waals surface area (Å²) >= 11 is 0. The molecular weight excluding hydrogens is 314 g/mol. The maximum absolute atomic E-state index is 12.6. The van der Waals surface area contributed by atoms with Crippen LogP contribution in [0.15, 0.2) is 60.8 Å². The molecule has 2 heterocycles. The Morgan fingerprint density at radius 1 is 1.16 bits per heavy atom. The van der Waals surface area contributed by atoms with Crippen LogP contribution in [-0.4, -0.2) is 22.5 Å². The van der Waals surface area contributed by atoms with Crippen LogP contribution in [-0.2, 0) is 11.3 Å². The molecule has 3 aromatic rings. The summed E-state index contributed by atoms with van der Waals surface area (Å²) in [6, 6.07) is 17.7. The lowest BCUT2D eigenvalue weighted by molar-refractivity contribution is -0.123. The Kier molecular flexibility index (Phi) is 4.21. The van der Waals surface area contributed by atoms with Crippen molar-refractivity contribution in [1.82, 2.24) is 15.3 Å². The molecule has 1 aliphatic rings. The average molecular weight is 333 g/mol. The van der Waals surface area contributed by atoms with E-state index in [0.29, 0.717) is 19.6 Å². The molecule has 1 aromatic heterocycles. The number of fused-ring (bicyclic) bond motifs is 1. The lowest BCUT2D eigenvalue weighted by Gasteiger charge is -2.24. The van der Waals surface area contributed by atoms with E-state index in [0.717, 1.165) is 28.4 Å². The van der Waals surface area contributed by atoms with Gasteiger partial charge in [0, 0.05) is 5.56 Å². The number of imidazole rings is 1. The van der Waals surface area contributed by atoms with Crippen LogP contribution in [0.1, 0.15) is 23.7 Å². The van der Waals surface area contributed by atoms with Crippen molar-refractivity contribution in [2.75, 3.05) is 6.61 Å². The van der Waals surface area contributed by atoms with Gasteiger partial charge < -0.3 is 15.0 Å². The van der Waals surface area contributed by atoms with Crippen molar-refractivity contribution in [3.8, 4) is 17.0 Å². The van der Waals surface area contributed by atoms with Crippen molar-refractivity contribution < 1.29 is 9.53 Å². The van der Waals surface area contributed by atoms with Gasteiger partial charge in [-0.3, -0.25) is 4.79 Å². The number of rotatable bonds is 4. The molecule has 25 heavy (non-hydrogen) atoms.